The van der Waals surface area contributed by atoms with Crippen molar-refractivity contribution in [2.45, 2.75) is 30.5 Å². The van der Waals surface area contributed by atoms with Gasteiger partial charge in [-0.25, -0.2) is 0 Å². The molecule has 0 radical (unpaired) electrons. The van der Waals surface area contributed by atoms with E-state index in [4.69, 9.17) is 4.74 Å². The van der Waals surface area contributed by atoms with Gasteiger partial charge in [0.05, 0.1) is 12.6 Å². The number of carbonyl (C=O) groups excluding carboxylic acids is 1. The van der Waals surface area contributed by atoms with Gasteiger partial charge < -0.3 is 10.1 Å². The third-order valence-corrected chi connectivity index (χ3v) is 5.34. The molecular formula is C23H24N2O2S. The van der Waals surface area contributed by atoms with Gasteiger partial charge in [-0.2, -0.15) is 0 Å². The minimum atomic E-state index is -0.104. The number of pyridine rings is 1. The van der Waals surface area contributed by atoms with E-state index in [0.717, 1.165) is 22.0 Å². The second-order valence-corrected chi connectivity index (χ2v) is 7.42. The van der Waals surface area contributed by atoms with Gasteiger partial charge in [0.2, 0.25) is 0 Å². The summed E-state index contributed by atoms with van der Waals surface area (Å²) in [4.78, 5) is 17.8. The lowest BCUT2D eigenvalue weighted by atomic mass is 10.1. The highest BCUT2D eigenvalue weighted by atomic mass is 32.2. The smallest absolute Gasteiger partial charge is 0.251 e. The number of ether oxygens (including phenoxy) is 1. The van der Waals surface area contributed by atoms with E-state index in [0.29, 0.717) is 12.2 Å². The average Bonchev–Trinajstić information content (AvgIpc) is 2.74. The van der Waals surface area contributed by atoms with Gasteiger partial charge in [0.25, 0.3) is 5.91 Å². The van der Waals surface area contributed by atoms with Gasteiger partial charge in [-0.3, -0.25) is 9.78 Å². The summed E-state index contributed by atoms with van der Waals surface area (Å²) in [6.07, 6.45) is 3.65. The highest BCUT2D eigenvalue weighted by Gasteiger charge is 2.12. The Hall–Kier alpha value is -2.79. The van der Waals surface area contributed by atoms with Gasteiger partial charge in [-0.05, 0) is 67.4 Å². The third kappa shape index (κ3) is 5.60. The lowest BCUT2D eigenvalue weighted by Gasteiger charge is -2.15. The van der Waals surface area contributed by atoms with Gasteiger partial charge in [-0.15, -0.1) is 11.8 Å². The molecule has 0 spiro atoms. The standard InChI is InChI=1S/C23H24N2O2S/c1-3-27-21-8-4-7-20(14-21)17(2)25-23(26)19-9-11-22(12-10-19)28-16-18-6-5-13-24-15-18/h4-15,17H,3,16H2,1-2H3,(H,25,26). The molecule has 3 rings (SSSR count). The summed E-state index contributed by atoms with van der Waals surface area (Å²) in [5.74, 6) is 1.58. The van der Waals surface area contributed by atoms with Gasteiger partial charge in [-0.1, -0.05) is 18.2 Å². The van der Waals surface area contributed by atoms with E-state index in [1.54, 1.807) is 18.0 Å². The Morgan fingerprint density at radius 1 is 1.14 bits per heavy atom. The van der Waals surface area contributed by atoms with Crippen LogP contribution in [0.25, 0.3) is 0 Å². The number of nitrogens with one attached hydrogen (secondary N) is 1. The second kappa shape index (κ2) is 9.95. The normalized spacial score (nSPS) is 11.6. The molecule has 0 saturated carbocycles. The van der Waals surface area contributed by atoms with Gasteiger partial charge >= 0.3 is 0 Å². The monoisotopic (exact) mass is 392 g/mol. The molecule has 0 saturated heterocycles. The lowest BCUT2D eigenvalue weighted by molar-refractivity contribution is 0.0939. The topological polar surface area (TPSA) is 51.2 Å². The Balaban J connectivity index is 1.57. The molecule has 5 heteroatoms. The van der Waals surface area contributed by atoms with Crippen molar-refractivity contribution in [3.8, 4) is 5.75 Å². The first-order chi connectivity index (χ1) is 13.7. The van der Waals surface area contributed by atoms with E-state index < -0.39 is 0 Å². The Morgan fingerprint density at radius 2 is 1.96 bits per heavy atom. The van der Waals surface area contributed by atoms with E-state index in [1.165, 1.54) is 5.56 Å². The Bertz CT molecular complexity index is 898. The van der Waals surface area contributed by atoms with Crippen molar-refractivity contribution >= 4 is 17.7 Å². The van der Waals surface area contributed by atoms with E-state index in [2.05, 4.69) is 16.4 Å². The van der Waals surface area contributed by atoms with Crippen molar-refractivity contribution in [2.75, 3.05) is 6.61 Å². The van der Waals surface area contributed by atoms with Crippen LogP contribution in [-0.2, 0) is 5.75 Å². The maximum Gasteiger partial charge on any atom is 0.251 e. The molecule has 1 amide bonds. The van der Waals surface area contributed by atoms with Crippen LogP contribution in [-0.4, -0.2) is 17.5 Å². The van der Waals surface area contributed by atoms with E-state index >= 15 is 0 Å². The average molecular weight is 393 g/mol. The van der Waals surface area contributed by atoms with Crippen LogP contribution in [0.4, 0.5) is 0 Å². The fourth-order valence-corrected chi connectivity index (χ4v) is 3.59. The van der Waals surface area contributed by atoms with Crippen molar-refractivity contribution in [3.63, 3.8) is 0 Å². The number of amides is 1. The predicted molar refractivity (Wildman–Crippen MR) is 114 cm³/mol. The molecule has 0 aliphatic heterocycles. The van der Waals surface area contributed by atoms with Gasteiger partial charge in [0.1, 0.15) is 5.75 Å². The summed E-state index contributed by atoms with van der Waals surface area (Å²) >= 11 is 1.73. The number of thioether (sulfide) groups is 1. The quantitative estimate of drug-likeness (QED) is 0.531. The Labute approximate surface area is 170 Å². The molecule has 4 nitrogen and oxygen atoms in total. The van der Waals surface area contributed by atoms with Crippen LogP contribution in [0.15, 0.2) is 78.0 Å². The minimum absolute atomic E-state index is 0.0851. The molecule has 1 N–H and O–H groups in total. The van der Waals surface area contributed by atoms with Crippen LogP contribution in [0, 0.1) is 0 Å². The van der Waals surface area contributed by atoms with Crippen LogP contribution < -0.4 is 10.1 Å². The minimum Gasteiger partial charge on any atom is -0.494 e. The molecule has 0 bridgehead atoms. The summed E-state index contributed by atoms with van der Waals surface area (Å²) in [5.41, 5.74) is 2.85. The van der Waals surface area contributed by atoms with Gasteiger partial charge in [0.15, 0.2) is 0 Å². The zero-order chi connectivity index (χ0) is 19.8. The number of hydrogen-bond donors (Lipinski definition) is 1. The third-order valence-electron chi connectivity index (χ3n) is 4.26. The van der Waals surface area contributed by atoms with Crippen molar-refractivity contribution in [3.05, 3.63) is 89.7 Å². The first-order valence-corrected chi connectivity index (χ1v) is 10.3. The van der Waals surface area contributed by atoms with Crippen LogP contribution in [0.5, 0.6) is 5.75 Å². The predicted octanol–water partition coefficient (Wildman–Crippen LogP) is 5.26. The highest BCUT2D eigenvalue weighted by Crippen LogP contribution is 2.23. The maximum atomic E-state index is 12.6. The molecule has 0 fully saturated rings. The van der Waals surface area contributed by atoms with Gasteiger partial charge in [0, 0.05) is 28.6 Å². The lowest BCUT2D eigenvalue weighted by Crippen LogP contribution is -2.26. The molecule has 28 heavy (non-hydrogen) atoms. The van der Waals surface area contributed by atoms with E-state index in [-0.39, 0.29) is 11.9 Å². The zero-order valence-corrected chi connectivity index (χ0v) is 16.9. The number of hydrogen-bond acceptors (Lipinski definition) is 4. The molecule has 1 aromatic heterocycles. The first kappa shape index (κ1) is 20.0. The van der Waals surface area contributed by atoms with Crippen LogP contribution in [0.1, 0.15) is 41.4 Å². The number of nitrogens with zero attached hydrogens (tertiary/aromatic N) is 1. The zero-order valence-electron chi connectivity index (χ0n) is 16.1. The summed E-state index contributed by atoms with van der Waals surface area (Å²) < 4.78 is 5.54. The highest BCUT2D eigenvalue weighted by molar-refractivity contribution is 7.98. The van der Waals surface area contributed by atoms with Crippen molar-refractivity contribution in [1.82, 2.24) is 10.3 Å². The van der Waals surface area contributed by atoms with E-state index in [9.17, 15) is 4.79 Å². The SMILES string of the molecule is CCOc1cccc(C(C)NC(=O)c2ccc(SCc3cccnc3)cc2)c1. The van der Waals surface area contributed by atoms with Crippen molar-refractivity contribution < 1.29 is 9.53 Å². The Kier molecular flexibility index (Phi) is 7.09. The van der Waals surface area contributed by atoms with E-state index in [1.807, 2.05) is 74.6 Å². The fourth-order valence-electron chi connectivity index (χ4n) is 2.76. The molecule has 1 heterocycles. The summed E-state index contributed by atoms with van der Waals surface area (Å²) in [5, 5.41) is 3.05. The van der Waals surface area contributed by atoms with Crippen LogP contribution in [0.2, 0.25) is 0 Å². The molecule has 0 aliphatic carbocycles. The first-order valence-electron chi connectivity index (χ1n) is 9.31. The molecule has 3 aromatic rings. The van der Waals surface area contributed by atoms with Crippen molar-refractivity contribution in [2.24, 2.45) is 0 Å². The molecule has 1 atom stereocenters. The maximum absolute atomic E-state index is 12.6. The number of aromatic nitrogens is 1. The summed E-state index contributed by atoms with van der Waals surface area (Å²) in [6.45, 7) is 4.55. The Morgan fingerprint density at radius 3 is 2.68 bits per heavy atom. The van der Waals surface area contributed by atoms with Crippen LogP contribution >= 0.6 is 11.8 Å². The molecule has 0 aliphatic rings. The number of benzene rings is 2. The number of rotatable bonds is 8. The second-order valence-electron chi connectivity index (χ2n) is 6.37. The number of carbonyl (C=O) groups is 1. The summed E-state index contributed by atoms with van der Waals surface area (Å²) in [6, 6.07) is 19.4. The van der Waals surface area contributed by atoms with Crippen molar-refractivity contribution in [1.29, 1.82) is 0 Å². The molecular weight excluding hydrogens is 368 g/mol. The summed E-state index contributed by atoms with van der Waals surface area (Å²) in [7, 11) is 0. The largest absolute Gasteiger partial charge is 0.494 e. The molecule has 144 valence electrons. The molecule has 1 unspecified atom stereocenters. The fraction of sp³-hybridized carbons (Fsp3) is 0.217. The molecule has 2 aromatic carbocycles. The van der Waals surface area contributed by atoms with Crippen LogP contribution in [0.3, 0.4) is 0 Å².